The van der Waals surface area contributed by atoms with Crippen molar-refractivity contribution >= 4 is 11.6 Å². The van der Waals surface area contributed by atoms with Crippen LogP contribution in [0.3, 0.4) is 0 Å². The molecule has 0 radical (unpaired) electrons. The van der Waals surface area contributed by atoms with Crippen LogP contribution in [0, 0.1) is 0 Å². The molecule has 0 aliphatic heterocycles. The van der Waals surface area contributed by atoms with Gasteiger partial charge in [-0.25, -0.2) is 4.98 Å². The molecule has 0 aliphatic carbocycles. The Morgan fingerprint density at radius 1 is 1.25 bits per heavy atom. The fourth-order valence-corrected chi connectivity index (χ4v) is 1.69. The summed E-state index contributed by atoms with van der Waals surface area (Å²) in [5.74, 6) is 0.478. The van der Waals surface area contributed by atoms with Crippen LogP contribution < -0.4 is 0 Å². The monoisotopic (exact) mass is 234 g/mol. The number of imidazole rings is 1. The summed E-state index contributed by atoms with van der Waals surface area (Å²) in [6.07, 6.45) is 3.98. The Morgan fingerprint density at radius 2 is 1.94 bits per heavy atom. The SMILES string of the molecule is CC(C)c1cn(Cc2ccc(Cl)cc2)cn1. The molecule has 0 aliphatic rings. The van der Waals surface area contributed by atoms with E-state index in [1.54, 1.807) is 0 Å². The van der Waals surface area contributed by atoms with E-state index in [9.17, 15) is 0 Å². The van der Waals surface area contributed by atoms with Crippen molar-refractivity contribution in [2.24, 2.45) is 0 Å². The van der Waals surface area contributed by atoms with E-state index in [1.165, 1.54) is 5.56 Å². The molecular formula is C13H15ClN2. The Bertz CT molecular complexity index is 457. The molecule has 1 heterocycles. The lowest BCUT2D eigenvalue weighted by molar-refractivity contribution is 0.790. The van der Waals surface area contributed by atoms with Gasteiger partial charge in [0.25, 0.3) is 0 Å². The number of hydrogen-bond donors (Lipinski definition) is 0. The maximum atomic E-state index is 5.84. The summed E-state index contributed by atoms with van der Waals surface area (Å²) in [6.45, 7) is 5.14. The number of aromatic nitrogens is 2. The second kappa shape index (κ2) is 4.71. The topological polar surface area (TPSA) is 17.8 Å². The third kappa shape index (κ3) is 2.64. The highest BCUT2D eigenvalue weighted by molar-refractivity contribution is 6.30. The molecule has 0 spiro atoms. The zero-order chi connectivity index (χ0) is 11.5. The molecule has 0 unspecified atom stereocenters. The van der Waals surface area contributed by atoms with Gasteiger partial charge in [-0.1, -0.05) is 37.6 Å². The predicted molar refractivity (Wildman–Crippen MR) is 66.9 cm³/mol. The first-order valence-corrected chi connectivity index (χ1v) is 5.79. The van der Waals surface area contributed by atoms with Gasteiger partial charge in [-0.3, -0.25) is 0 Å². The molecule has 0 atom stereocenters. The minimum atomic E-state index is 0.478. The van der Waals surface area contributed by atoms with Gasteiger partial charge in [-0.2, -0.15) is 0 Å². The van der Waals surface area contributed by atoms with Crippen molar-refractivity contribution in [2.45, 2.75) is 26.3 Å². The van der Waals surface area contributed by atoms with E-state index < -0.39 is 0 Å². The number of benzene rings is 1. The van der Waals surface area contributed by atoms with Crippen molar-refractivity contribution in [1.82, 2.24) is 9.55 Å². The maximum Gasteiger partial charge on any atom is 0.0952 e. The van der Waals surface area contributed by atoms with Crippen LogP contribution in [0.5, 0.6) is 0 Å². The van der Waals surface area contributed by atoms with Crippen LogP contribution in [0.4, 0.5) is 0 Å². The number of hydrogen-bond acceptors (Lipinski definition) is 1. The average Bonchev–Trinajstić information content (AvgIpc) is 2.70. The highest BCUT2D eigenvalue weighted by Gasteiger charge is 2.03. The van der Waals surface area contributed by atoms with E-state index in [4.69, 9.17) is 11.6 Å². The summed E-state index contributed by atoms with van der Waals surface area (Å²) in [5, 5.41) is 0.775. The highest BCUT2D eigenvalue weighted by atomic mass is 35.5. The lowest BCUT2D eigenvalue weighted by Crippen LogP contribution is -1.96. The van der Waals surface area contributed by atoms with Gasteiger partial charge in [0.05, 0.1) is 12.0 Å². The smallest absolute Gasteiger partial charge is 0.0952 e. The molecule has 0 N–H and O–H groups in total. The average molecular weight is 235 g/mol. The maximum absolute atomic E-state index is 5.84. The zero-order valence-corrected chi connectivity index (χ0v) is 10.3. The van der Waals surface area contributed by atoms with E-state index in [-0.39, 0.29) is 0 Å². The van der Waals surface area contributed by atoms with E-state index in [0.717, 1.165) is 17.3 Å². The summed E-state index contributed by atoms with van der Waals surface area (Å²) in [6, 6.07) is 7.91. The molecule has 0 amide bonds. The van der Waals surface area contributed by atoms with E-state index in [0.29, 0.717) is 5.92 Å². The molecule has 2 nitrogen and oxygen atoms in total. The quantitative estimate of drug-likeness (QED) is 0.792. The molecular weight excluding hydrogens is 220 g/mol. The van der Waals surface area contributed by atoms with Crippen LogP contribution >= 0.6 is 11.6 Å². The molecule has 1 aromatic heterocycles. The molecule has 0 saturated carbocycles. The van der Waals surface area contributed by atoms with Crippen LogP contribution in [-0.2, 0) is 6.54 Å². The van der Waals surface area contributed by atoms with Crippen LogP contribution in [0.15, 0.2) is 36.8 Å². The van der Waals surface area contributed by atoms with E-state index >= 15 is 0 Å². The van der Waals surface area contributed by atoms with Gasteiger partial charge in [0.15, 0.2) is 0 Å². The molecule has 16 heavy (non-hydrogen) atoms. The second-order valence-corrected chi connectivity index (χ2v) is 4.69. The van der Waals surface area contributed by atoms with Gasteiger partial charge in [-0.05, 0) is 23.6 Å². The molecule has 84 valence electrons. The summed E-state index contributed by atoms with van der Waals surface area (Å²) in [4.78, 5) is 4.37. The number of rotatable bonds is 3. The Hall–Kier alpha value is -1.28. The molecule has 0 fully saturated rings. The summed E-state index contributed by atoms with van der Waals surface area (Å²) in [7, 11) is 0. The van der Waals surface area contributed by atoms with Crippen molar-refractivity contribution in [3.63, 3.8) is 0 Å². The van der Waals surface area contributed by atoms with Gasteiger partial charge in [-0.15, -0.1) is 0 Å². The normalized spacial score (nSPS) is 11.0. The number of halogens is 1. The summed E-state index contributed by atoms with van der Waals surface area (Å²) < 4.78 is 2.10. The first-order valence-electron chi connectivity index (χ1n) is 5.41. The van der Waals surface area contributed by atoms with Crippen LogP contribution in [0.25, 0.3) is 0 Å². The van der Waals surface area contributed by atoms with Crippen molar-refractivity contribution in [3.8, 4) is 0 Å². The Labute approximate surface area is 101 Å². The standard InChI is InChI=1S/C13H15ClN2/c1-10(2)13-8-16(9-15-13)7-11-3-5-12(14)6-4-11/h3-6,8-10H,7H2,1-2H3. The molecule has 2 aromatic rings. The Morgan fingerprint density at radius 3 is 2.50 bits per heavy atom. The minimum absolute atomic E-state index is 0.478. The third-order valence-electron chi connectivity index (χ3n) is 2.52. The fourth-order valence-electron chi connectivity index (χ4n) is 1.56. The van der Waals surface area contributed by atoms with Crippen molar-refractivity contribution < 1.29 is 0 Å². The van der Waals surface area contributed by atoms with Crippen LogP contribution in [0.1, 0.15) is 31.0 Å². The van der Waals surface area contributed by atoms with Gasteiger partial charge < -0.3 is 4.57 Å². The van der Waals surface area contributed by atoms with E-state index in [1.807, 2.05) is 30.6 Å². The predicted octanol–water partition coefficient (Wildman–Crippen LogP) is 3.71. The van der Waals surface area contributed by atoms with Crippen molar-refractivity contribution in [2.75, 3.05) is 0 Å². The Kier molecular flexibility index (Phi) is 3.30. The second-order valence-electron chi connectivity index (χ2n) is 4.25. The lowest BCUT2D eigenvalue weighted by Gasteiger charge is -2.02. The van der Waals surface area contributed by atoms with Gasteiger partial charge >= 0.3 is 0 Å². The molecule has 2 rings (SSSR count). The van der Waals surface area contributed by atoms with Crippen LogP contribution in [-0.4, -0.2) is 9.55 Å². The van der Waals surface area contributed by atoms with Gasteiger partial charge in [0.1, 0.15) is 0 Å². The third-order valence-corrected chi connectivity index (χ3v) is 2.78. The molecule has 3 heteroatoms. The van der Waals surface area contributed by atoms with Crippen molar-refractivity contribution in [1.29, 1.82) is 0 Å². The first-order chi connectivity index (χ1) is 7.65. The molecule has 1 aromatic carbocycles. The largest absolute Gasteiger partial charge is 0.333 e. The van der Waals surface area contributed by atoms with Gasteiger partial charge in [0.2, 0.25) is 0 Å². The minimum Gasteiger partial charge on any atom is -0.333 e. The molecule has 0 saturated heterocycles. The fraction of sp³-hybridized carbons (Fsp3) is 0.308. The van der Waals surface area contributed by atoms with Gasteiger partial charge in [0, 0.05) is 17.8 Å². The highest BCUT2D eigenvalue weighted by Crippen LogP contribution is 2.13. The molecule has 0 bridgehead atoms. The summed E-state index contributed by atoms with van der Waals surface area (Å²) >= 11 is 5.84. The summed E-state index contributed by atoms with van der Waals surface area (Å²) in [5.41, 5.74) is 2.37. The lowest BCUT2D eigenvalue weighted by atomic mass is 10.1. The Balaban J connectivity index is 2.11. The van der Waals surface area contributed by atoms with E-state index in [2.05, 4.69) is 29.6 Å². The van der Waals surface area contributed by atoms with Crippen LogP contribution in [0.2, 0.25) is 5.02 Å². The zero-order valence-electron chi connectivity index (χ0n) is 9.52. The van der Waals surface area contributed by atoms with Crippen molar-refractivity contribution in [3.05, 3.63) is 53.1 Å². The first kappa shape index (κ1) is 11.2. The number of nitrogens with zero attached hydrogens (tertiary/aromatic N) is 2.